The zero-order chi connectivity index (χ0) is 23.2. The van der Waals surface area contributed by atoms with Gasteiger partial charge in [-0.15, -0.1) is 0 Å². The summed E-state index contributed by atoms with van der Waals surface area (Å²) in [5.74, 6) is 0.438. The van der Waals surface area contributed by atoms with Crippen LogP contribution in [0.4, 0.5) is 0 Å². The third-order valence-electron chi connectivity index (χ3n) is 7.46. The number of nitrogens with one attached hydrogen (secondary N) is 1. The summed E-state index contributed by atoms with van der Waals surface area (Å²) in [5, 5.41) is 14.8. The van der Waals surface area contributed by atoms with E-state index in [0.717, 1.165) is 18.5 Å². The molecule has 1 aromatic rings. The molecule has 1 saturated carbocycles. The molecule has 1 aliphatic heterocycles. The molecule has 2 N–H and O–H groups in total. The second kappa shape index (κ2) is 14.9. The van der Waals surface area contributed by atoms with E-state index >= 15 is 0 Å². The lowest BCUT2D eigenvalue weighted by Crippen LogP contribution is -2.41. The Balaban J connectivity index is 0.000000309. The summed E-state index contributed by atoms with van der Waals surface area (Å²) in [5.41, 5.74) is 1.93. The van der Waals surface area contributed by atoms with Gasteiger partial charge in [-0.2, -0.15) is 0 Å². The molecule has 0 aromatic heterocycles. The fraction of sp³-hybridized carbons (Fsp3) is 0.724. The van der Waals surface area contributed by atoms with E-state index in [-0.39, 0.29) is 0 Å². The van der Waals surface area contributed by atoms with E-state index < -0.39 is 5.60 Å². The molecule has 182 valence electrons. The van der Waals surface area contributed by atoms with Gasteiger partial charge in [0.1, 0.15) is 0 Å². The number of rotatable bonds is 9. The lowest BCUT2D eigenvalue weighted by molar-refractivity contribution is -0.0528. The molecule has 0 radical (unpaired) electrons. The topological polar surface area (TPSA) is 35.5 Å². The Morgan fingerprint density at radius 3 is 2.28 bits per heavy atom. The van der Waals surface area contributed by atoms with Gasteiger partial charge in [-0.25, -0.2) is 0 Å². The van der Waals surface area contributed by atoms with E-state index in [2.05, 4.69) is 67.4 Å². The van der Waals surface area contributed by atoms with Crippen LogP contribution in [0.3, 0.4) is 0 Å². The summed E-state index contributed by atoms with van der Waals surface area (Å²) in [6, 6.07) is 11.1. The minimum absolute atomic E-state index is 0.438. The molecular weight excluding hydrogens is 392 g/mol. The van der Waals surface area contributed by atoms with Crippen molar-refractivity contribution in [2.24, 2.45) is 5.92 Å². The third kappa shape index (κ3) is 9.37. The molecule has 2 aliphatic rings. The molecule has 32 heavy (non-hydrogen) atoms. The Bertz CT molecular complexity index is 628. The second-order valence-corrected chi connectivity index (χ2v) is 10.3. The van der Waals surface area contributed by atoms with Crippen LogP contribution in [0.1, 0.15) is 97.0 Å². The van der Waals surface area contributed by atoms with Crippen molar-refractivity contribution in [3.63, 3.8) is 0 Å². The van der Waals surface area contributed by atoms with Crippen molar-refractivity contribution in [1.29, 1.82) is 0 Å². The standard InChI is InChI=1S/C20H31NO.C9H19N/c22-20(18-10-4-1-5-11-18,19-12-6-2-7-13-19)14-17-21-15-8-3-9-16-21;1-8(2)6-5-7-9(3)10-4/h1,4-5,10-11,19,22H,2-3,6-9,12-17H2;6,9-10H,5,7H2,1-4H3. The van der Waals surface area contributed by atoms with Crippen LogP contribution in [0.25, 0.3) is 0 Å². The van der Waals surface area contributed by atoms with Crippen molar-refractivity contribution in [2.75, 3.05) is 26.7 Å². The molecule has 2 atom stereocenters. The van der Waals surface area contributed by atoms with Crippen molar-refractivity contribution >= 4 is 0 Å². The van der Waals surface area contributed by atoms with Gasteiger partial charge in [0.15, 0.2) is 0 Å². The van der Waals surface area contributed by atoms with Crippen LogP contribution < -0.4 is 5.32 Å². The van der Waals surface area contributed by atoms with Gasteiger partial charge in [-0.3, -0.25) is 0 Å². The van der Waals surface area contributed by atoms with Crippen LogP contribution in [-0.2, 0) is 5.60 Å². The van der Waals surface area contributed by atoms with Crippen molar-refractivity contribution in [1.82, 2.24) is 10.2 Å². The van der Waals surface area contributed by atoms with Crippen molar-refractivity contribution in [3.05, 3.63) is 47.5 Å². The predicted molar refractivity (Wildman–Crippen MR) is 139 cm³/mol. The molecule has 2 fully saturated rings. The van der Waals surface area contributed by atoms with Crippen LogP contribution in [0.2, 0.25) is 0 Å². The number of benzene rings is 1. The summed E-state index contributed by atoms with van der Waals surface area (Å²) < 4.78 is 0. The van der Waals surface area contributed by atoms with Gasteiger partial charge in [0, 0.05) is 12.6 Å². The zero-order valence-corrected chi connectivity index (χ0v) is 21.4. The number of allylic oxidation sites excluding steroid dienone is 2. The smallest absolute Gasteiger partial charge is 0.0936 e. The largest absolute Gasteiger partial charge is 0.385 e. The molecule has 1 aliphatic carbocycles. The molecule has 1 heterocycles. The Hall–Kier alpha value is -1.16. The monoisotopic (exact) mass is 442 g/mol. The highest BCUT2D eigenvalue weighted by Gasteiger charge is 2.38. The minimum Gasteiger partial charge on any atom is -0.385 e. The quantitative estimate of drug-likeness (QED) is 0.419. The summed E-state index contributed by atoms with van der Waals surface area (Å²) in [4.78, 5) is 2.56. The summed E-state index contributed by atoms with van der Waals surface area (Å²) >= 11 is 0. The normalized spacial score (nSPS) is 20.5. The second-order valence-electron chi connectivity index (χ2n) is 10.3. The number of piperidine rings is 1. The highest BCUT2D eigenvalue weighted by Crippen LogP contribution is 2.41. The maximum atomic E-state index is 11.6. The first-order valence-corrected chi connectivity index (χ1v) is 13.3. The molecule has 3 heteroatoms. The SMILES string of the molecule is CNC(C)CCC=C(C)C.OC(CCN1CCCCC1)(c1ccccc1)C1CCCCC1. The predicted octanol–water partition coefficient (Wildman–Crippen LogP) is 6.67. The van der Waals surface area contributed by atoms with E-state index in [4.69, 9.17) is 0 Å². The lowest BCUT2D eigenvalue weighted by atomic mass is 9.71. The zero-order valence-electron chi connectivity index (χ0n) is 21.4. The molecule has 0 spiro atoms. The van der Waals surface area contributed by atoms with Gasteiger partial charge < -0.3 is 15.3 Å². The van der Waals surface area contributed by atoms with E-state index in [1.54, 1.807) is 0 Å². The molecule has 3 rings (SSSR count). The maximum absolute atomic E-state index is 11.6. The number of hydrogen-bond donors (Lipinski definition) is 2. The fourth-order valence-electron chi connectivity index (χ4n) is 5.17. The van der Waals surface area contributed by atoms with E-state index in [1.165, 1.54) is 82.9 Å². The highest BCUT2D eigenvalue weighted by atomic mass is 16.3. The molecule has 0 bridgehead atoms. The number of aliphatic hydroxyl groups is 1. The number of hydrogen-bond acceptors (Lipinski definition) is 3. The van der Waals surface area contributed by atoms with Gasteiger partial charge in [0.05, 0.1) is 5.60 Å². The Kier molecular flexibility index (Phi) is 12.6. The van der Waals surface area contributed by atoms with E-state index in [1.807, 2.05) is 7.05 Å². The van der Waals surface area contributed by atoms with Crippen LogP contribution in [0.15, 0.2) is 42.0 Å². The first kappa shape index (κ1) is 27.1. The summed E-state index contributed by atoms with van der Waals surface area (Å²) in [7, 11) is 2.01. The molecular formula is C29H50N2O. The molecule has 3 nitrogen and oxygen atoms in total. The average molecular weight is 443 g/mol. The van der Waals surface area contributed by atoms with Crippen molar-refractivity contribution in [2.45, 2.75) is 103 Å². The number of likely N-dealkylation sites (tertiary alicyclic amines) is 1. The van der Waals surface area contributed by atoms with Gasteiger partial charge in [-0.1, -0.05) is 67.7 Å². The van der Waals surface area contributed by atoms with E-state index in [0.29, 0.717) is 12.0 Å². The van der Waals surface area contributed by atoms with E-state index in [9.17, 15) is 5.11 Å². The van der Waals surface area contributed by atoms with Gasteiger partial charge in [0.25, 0.3) is 0 Å². The van der Waals surface area contributed by atoms with Crippen molar-refractivity contribution < 1.29 is 5.11 Å². The molecule has 1 saturated heterocycles. The number of nitrogens with zero attached hydrogens (tertiary/aromatic N) is 1. The highest BCUT2D eigenvalue weighted by molar-refractivity contribution is 5.23. The average Bonchev–Trinajstić information content (AvgIpc) is 2.84. The van der Waals surface area contributed by atoms with Crippen LogP contribution in [-0.4, -0.2) is 42.7 Å². The molecule has 1 aromatic carbocycles. The Morgan fingerprint density at radius 1 is 1.06 bits per heavy atom. The van der Waals surface area contributed by atoms with Crippen LogP contribution >= 0.6 is 0 Å². The van der Waals surface area contributed by atoms with Gasteiger partial charge in [0.2, 0.25) is 0 Å². The minimum atomic E-state index is -0.626. The fourth-order valence-corrected chi connectivity index (χ4v) is 5.17. The summed E-state index contributed by atoms with van der Waals surface area (Å²) in [6.45, 7) is 9.97. The molecule has 0 amide bonds. The van der Waals surface area contributed by atoms with Crippen molar-refractivity contribution in [3.8, 4) is 0 Å². The van der Waals surface area contributed by atoms with Crippen LogP contribution in [0.5, 0.6) is 0 Å². The lowest BCUT2D eigenvalue weighted by Gasteiger charge is -2.40. The first-order chi connectivity index (χ1) is 15.5. The Labute approximate surface area is 198 Å². The molecule has 2 unspecified atom stereocenters. The van der Waals surface area contributed by atoms with Gasteiger partial charge in [-0.05, 0) is 97.3 Å². The van der Waals surface area contributed by atoms with Crippen LogP contribution in [0, 0.1) is 5.92 Å². The van der Waals surface area contributed by atoms with Gasteiger partial charge >= 0.3 is 0 Å². The summed E-state index contributed by atoms with van der Waals surface area (Å²) in [6.07, 6.45) is 15.9. The third-order valence-corrected chi connectivity index (χ3v) is 7.46. The first-order valence-electron chi connectivity index (χ1n) is 13.3. The Morgan fingerprint density at radius 2 is 1.69 bits per heavy atom. The maximum Gasteiger partial charge on any atom is 0.0936 e.